The summed E-state index contributed by atoms with van der Waals surface area (Å²) >= 11 is 5.44. The van der Waals surface area contributed by atoms with Crippen molar-refractivity contribution >= 4 is 23.8 Å². The predicted octanol–water partition coefficient (Wildman–Crippen LogP) is 0.722. The highest BCUT2D eigenvalue weighted by molar-refractivity contribution is 6.18. The van der Waals surface area contributed by atoms with E-state index in [0.717, 1.165) is 0 Å². The second kappa shape index (κ2) is 9.43. The molecular formula is C15H21ClN2O10. The van der Waals surface area contributed by atoms with Gasteiger partial charge in [0.2, 0.25) is 0 Å². The van der Waals surface area contributed by atoms with Crippen LogP contribution in [0.2, 0.25) is 0 Å². The summed E-state index contributed by atoms with van der Waals surface area (Å²) in [6.45, 7) is 0.824. The number of fused-ring (bicyclic) bond motifs is 1. The molecule has 0 radical (unpaired) electrons. The summed E-state index contributed by atoms with van der Waals surface area (Å²) in [4.78, 5) is 40.2. The molecule has 0 bridgehead atoms. The molecule has 0 saturated carbocycles. The maximum atomic E-state index is 12.3. The average molecular weight is 425 g/mol. The van der Waals surface area contributed by atoms with Gasteiger partial charge in [-0.3, -0.25) is 0 Å². The van der Waals surface area contributed by atoms with Crippen molar-refractivity contribution in [3.63, 3.8) is 0 Å². The number of hydrogen-bond donors (Lipinski definition) is 0. The fourth-order valence-corrected chi connectivity index (χ4v) is 3.46. The van der Waals surface area contributed by atoms with Gasteiger partial charge < -0.3 is 33.4 Å². The van der Waals surface area contributed by atoms with E-state index in [1.165, 1.54) is 4.90 Å². The molecule has 4 atom stereocenters. The van der Waals surface area contributed by atoms with Crippen LogP contribution >= 0.6 is 11.6 Å². The third-order valence-electron chi connectivity index (χ3n) is 4.69. The van der Waals surface area contributed by atoms with Gasteiger partial charge in [0.05, 0.1) is 19.1 Å². The zero-order valence-corrected chi connectivity index (χ0v) is 15.7. The third-order valence-corrected chi connectivity index (χ3v) is 4.85. The summed E-state index contributed by atoms with van der Waals surface area (Å²) in [5, 5.41) is 9.55. The van der Waals surface area contributed by atoms with Crippen LogP contribution in [0.1, 0.15) is 12.8 Å². The maximum Gasteiger partial charge on any atom is 0.508 e. The first kappa shape index (κ1) is 20.7. The lowest BCUT2D eigenvalue weighted by Crippen LogP contribution is -2.44. The van der Waals surface area contributed by atoms with Gasteiger partial charge in [-0.2, -0.15) is 0 Å². The molecule has 0 aliphatic carbocycles. The number of likely N-dealkylation sites (tertiary alicyclic amines) is 1. The monoisotopic (exact) mass is 424 g/mol. The van der Waals surface area contributed by atoms with Crippen LogP contribution in [0.25, 0.3) is 0 Å². The highest BCUT2D eigenvalue weighted by atomic mass is 35.5. The van der Waals surface area contributed by atoms with Gasteiger partial charge in [0, 0.05) is 13.1 Å². The largest absolute Gasteiger partial charge is 0.508 e. The molecular weight excluding hydrogens is 404 g/mol. The molecule has 3 aliphatic heterocycles. The zero-order chi connectivity index (χ0) is 20.1. The number of carbonyl (C=O) groups excluding carboxylic acids is 2. The molecule has 3 fully saturated rings. The van der Waals surface area contributed by atoms with Gasteiger partial charge in [0.25, 0.3) is 5.09 Å². The Kier molecular flexibility index (Phi) is 6.97. The molecule has 0 aromatic rings. The topological polar surface area (TPSA) is 136 Å². The van der Waals surface area contributed by atoms with Crippen molar-refractivity contribution in [3.8, 4) is 0 Å². The Morgan fingerprint density at radius 1 is 1.11 bits per heavy atom. The average Bonchev–Trinajstić information content (AvgIpc) is 3.24. The SMILES string of the molecule is O=C(OCCCl)O[C@@H]1CO[C@H]2[C@H]1OC[C@H]2OC(=O)N1CCC(O[N+](=O)[O-])CC1. The molecule has 0 aromatic carbocycles. The smallest absolute Gasteiger partial charge is 0.441 e. The first-order valence-electron chi connectivity index (χ1n) is 8.87. The van der Waals surface area contributed by atoms with Crippen LogP contribution in [0.3, 0.4) is 0 Å². The molecule has 0 unspecified atom stereocenters. The molecule has 12 nitrogen and oxygen atoms in total. The summed E-state index contributed by atoms with van der Waals surface area (Å²) in [7, 11) is 0. The minimum atomic E-state index is -0.862. The number of carbonyl (C=O) groups is 2. The van der Waals surface area contributed by atoms with Gasteiger partial charge in [0.15, 0.2) is 12.2 Å². The van der Waals surface area contributed by atoms with Crippen molar-refractivity contribution in [2.45, 2.75) is 43.4 Å². The maximum absolute atomic E-state index is 12.3. The number of hydrogen-bond acceptors (Lipinski definition) is 10. The van der Waals surface area contributed by atoms with E-state index in [1.807, 2.05) is 0 Å². The highest BCUT2D eigenvalue weighted by Gasteiger charge is 2.51. The van der Waals surface area contributed by atoms with Crippen LogP contribution in [0.15, 0.2) is 0 Å². The molecule has 3 aliphatic rings. The van der Waals surface area contributed by atoms with Gasteiger partial charge in [-0.05, 0) is 12.8 Å². The highest BCUT2D eigenvalue weighted by Crippen LogP contribution is 2.31. The number of nitrogens with zero attached hydrogens (tertiary/aromatic N) is 2. The molecule has 3 rings (SSSR count). The standard InChI is InChI=1S/C15H21ClN2O10/c16-3-6-23-15(20)27-11-8-25-12-10(7-24-13(11)12)26-14(19)17-4-1-9(2-5-17)28-18(21)22/h9-13H,1-8H2/t10-,11-,12-,13+/m1/s1. The molecule has 3 saturated heterocycles. The second-order valence-electron chi connectivity index (χ2n) is 6.48. The predicted molar refractivity (Wildman–Crippen MR) is 89.4 cm³/mol. The summed E-state index contributed by atoms with van der Waals surface area (Å²) in [5.74, 6) is 0.159. The van der Waals surface area contributed by atoms with Gasteiger partial charge in [0.1, 0.15) is 24.9 Å². The van der Waals surface area contributed by atoms with Crippen molar-refractivity contribution in [2.75, 3.05) is 38.8 Å². The van der Waals surface area contributed by atoms with E-state index < -0.39 is 47.9 Å². The Labute approximate surface area is 165 Å². The zero-order valence-electron chi connectivity index (χ0n) is 14.9. The van der Waals surface area contributed by atoms with E-state index >= 15 is 0 Å². The Balaban J connectivity index is 1.43. The number of amides is 1. The normalized spacial score (nSPS) is 29.8. The Hall–Kier alpha value is -2.05. The fourth-order valence-electron chi connectivity index (χ4n) is 3.38. The molecule has 1 amide bonds. The van der Waals surface area contributed by atoms with Crippen LogP contribution < -0.4 is 0 Å². The van der Waals surface area contributed by atoms with E-state index in [0.29, 0.717) is 12.8 Å². The lowest BCUT2D eigenvalue weighted by molar-refractivity contribution is -0.769. The van der Waals surface area contributed by atoms with E-state index in [4.69, 9.17) is 35.3 Å². The van der Waals surface area contributed by atoms with Gasteiger partial charge >= 0.3 is 12.2 Å². The molecule has 3 heterocycles. The van der Waals surface area contributed by atoms with E-state index in [2.05, 4.69) is 4.84 Å². The molecule has 0 spiro atoms. The van der Waals surface area contributed by atoms with Crippen molar-refractivity contribution in [1.82, 2.24) is 4.90 Å². The van der Waals surface area contributed by atoms with Gasteiger partial charge in [-0.15, -0.1) is 21.7 Å². The van der Waals surface area contributed by atoms with Gasteiger partial charge in [-0.25, -0.2) is 9.59 Å². The number of rotatable bonds is 6. The first-order valence-corrected chi connectivity index (χ1v) is 9.40. The van der Waals surface area contributed by atoms with Crippen molar-refractivity contribution in [2.24, 2.45) is 0 Å². The van der Waals surface area contributed by atoms with Crippen LogP contribution in [0.4, 0.5) is 9.59 Å². The number of halogens is 1. The third kappa shape index (κ3) is 5.06. The van der Waals surface area contributed by atoms with Crippen LogP contribution in [-0.2, 0) is 28.5 Å². The van der Waals surface area contributed by atoms with Crippen LogP contribution in [-0.4, -0.2) is 91.5 Å². The molecule has 13 heteroatoms. The first-order chi connectivity index (χ1) is 13.5. The van der Waals surface area contributed by atoms with Crippen LogP contribution in [0, 0.1) is 10.1 Å². The summed E-state index contributed by atoms with van der Waals surface area (Å²) < 4.78 is 26.5. The Morgan fingerprint density at radius 2 is 1.71 bits per heavy atom. The van der Waals surface area contributed by atoms with Gasteiger partial charge in [-0.1, -0.05) is 0 Å². The lowest BCUT2D eigenvalue weighted by Gasteiger charge is -2.31. The molecule has 158 valence electrons. The summed E-state index contributed by atoms with van der Waals surface area (Å²) in [5.41, 5.74) is 0. The Morgan fingerprint density at radius 3 is 2.29 bits per heavy atom. The summed E-state index contributed by atoms with van der Waals surface area (Å²) in [6, 6.07) is 0. The number of alkyl halides is 1. The minimum Gasteiger partial charge on any atom is -0.441 e. The number of ether oxygens (including phenoxy) is 5. The van der Waals surface area contributed by atoms with Crippen molar-refractivity contribution < 1.29 is 43.2 Å². The van der Waals surface area contributed by atoms with E-state index in [-0.39, 0.29) is 38.8 Å². The molecule has 0 aromatic heterocycles. The molecule has 28 heavy (non-hydrogen) atoms. The summed E-state index contributed by atoms with van der Waals surface area (Å²) in [6.07, 6.45) is -3.65. The van der Waals surface area contributed by atoms with Crippen LogP contribution in [0.5, 0.6) is 0 Å². The van der Waals surface area contributed by atoms with Crippen molar-refractivity contribution in [1.29, 1.82) is 0 Å². The van der Waals surface area contributed by atoms with E-state index in [1.54, 1.807) is 0 Å². The minimum absolute atomic E-state index is 0.0343. The molecule has 0 N–H and O–H groups in total. The second-order valence-corrected chi connectivity index (χ2v) is 6.86. The van der Waals surface area contributed by atoms with Crippen molar-refractivity contribution in [3.05, 3.63) is 10.1 Å². The fraction of sp³-hybridized carbons (Fsp3) is 0.867. The Bertz CT molecular complexity index is 585. The van der Waals surface area contributed by atoms with E-state index in [9.17, 15) is 19.7 Å². The number of piperidine rings is 1. The lowest BCUT2D eigenvalue weighted by atomic mass is 10.1. The quantitative estimate of drug-likeness (QED) is 0.259.